The van der Waals surface area contributed by atoms with E-state index in [2.05, 4.69) is 4.98 Å². The normalized spacial score (nSPS) is 11.8. The summed E-state index contributed by atoms with van der Waals surface area (Å²) in [5.41, 5.74) is 6.21. The molecule has 0 radical (unpaired) electrons. The predicted octanol–water partition coefficient (Wildman–Crippen LogP) is 2.41. The monoisotopic (exact) mass is 255 g/mol. The lowest BCUT2D eigenvalue weighted by molar-refractivity contribution is -0.137. The number of benzene rings is 1. The van der Waals surface area contributed by atoms with E-state index in [0.29, 0.717) is 18.7 Å². The number of imidazole rings is 1. The second-order valence-corrected chi connectivity index (χ2v) is 3.92. The summed E-state index contributed by atoms with van der Waals surface area (Å²) in [4.78, 5) is 3.92. The Morgan fingerprint density at radius 3 is 2.72 bits per heavy atom. The van der Waals surface area contributed by atoms with Gasteiger partial charge in [-0.15, -0.1) is 0 Å². The molecule has 0 atom stereocenters. The van der Waals surface area contributed by atoms with Crippen LogP contribution in [0.15, 0.2) is 36.8 Å². The maximum atomic E-state index is 12.6. The molecule has 0 spiro atoms. The van der Waals surface area contributed by atoms with Gasteiger partial charge in [0.25, 0.3) is 0 Å². The molecular formula is C12H12F3N3. The number of hydrogen-bond acceptors (Lipinski definition) is 2. The largest absolute Gasteiger partial charge is 0.416 e. The van der Waals surface area contributed by atoms with Crippen molar-refractivity contribution in [2.75, 3.05) is 0 Å². The van der Waals surface area contributed by atoms with Crippen molar-refractivity contribution in [3.05, 3.63) is 53.6 Å². The van der Waals surface area contributed by atoms with E-state index in [4.69, 9.17) is 5.73 Å². The van der Waals surface area contributed by atoms with Crippen molar-refractivity contribution in [3.8, 4) is 0 Å². The Bertz CT molecular complexity index is 531. The summed E-state index contributed by atoms with van der Waals surface area (Å²) in [5.74, 6) is 0. The summed E-state index contributed by atoms with van der Waals surface area (Å²) in [6.45, 7) is 0.634. The summed E-state index contributed by atoms with van der Waals surface area (Å²) in [6, 6.07) is 5.24. The lowest BCUT2D eigenvalue weighted by atomic mass is 10.1. The van der Waals surface area contributed by atoms with Gasteiger partial charge in [0.05, 0.1) is 17.6 Å². The SMILES string of the molecule is NCc1cncn1Cc1cccc(C(F)(F)F)c1. The minimum Gasteiger partial charge on any atom is -0.329 e. The first kappa shape index (κ1) is 12.6. The molecule has 0 unspecified atom stereocenters. The standard InChI is InChI=1S/C12H12F3N3/c13-12(14,15)10-3-1-2-9(4-10)7-18-8-17-6-11(18)5-16/h1-4,6,8H,5,7,16H2. The Hall–Kier alpha value is -1.82. The van der Waals surface area contributed by atoms with Crippen molar-refractivity contribution in [1.82, 2.24) is 9.55 Å². The Morgan fingerprint density at radius 1 is 1.28 bits per heavy atom. The van der Waals surface area contributed by atoms with Gasteiger partial charge in [-0.1, -0.05) is 12.1 Å². The molecule has 0 aliphatic heterocycles. The van der Waals surface area contributed by atoms with Crippen molar-refractivity contribution in [2.45, 2.75) is 19.3 Å². The molecule has 18 heavy (non-hydrogen) atoms. The third-order valence-electron chi connectivity index (χ3n) is 2.61. The Kier molecular flexibility index (Phi) is 3.38. The summed E-state index contributed by atoms with van der Waals surface area (Å²) < 4.78 is 39.4. The zero-order chi connectivity index (χ0) is 13.2. The second kappa shape index (κ2) is 4.81. The van der Waals surface area contributed by atoms with Crippen LogP contribution < -0.4 is 5.73 Å². The van der Waals surface area contributed by atoms with Crippen molar-refractivity contribution in [2.24, 2.45) is 5.73 Å². The topological polar surface area (TPSA) is 43.8 Å². The highest BCUT2D eigenvalue weighted by Crippen LogP contribution is 2.29. The fourth-order valence-electron chi connectivity index (χ4n) is 1.70. The Morgan fingerprint density at radius 2 is 2.06 bits per heavy atom. The van der Waals surface area contributed by atoms with Gasteiger partial charge in [-0.3, -0.25) is 0 Å². The molecular weight excluding hydrogens is 243 g/mol. The average molecular weight is 255 g/mol. The molecule has 1 aromatic carbocycles. The van der Waals surface area contributed by atoms with Crippen molar-refractivity contribution < 1.29 is 13.2 Å². The van der Waals surface area contributed by atoms with E-state index in [0.717, 1.165) is 17.8 Å². The third kappa shape index (κ3) is 2.70. The maximum Gasteiger partial charge on any atom is 0.416 e. The molecule has 3 nitrogen and oxygen atoms in total. The molecule has 2 rings (SSSR count). The van der Waals surface area contributed by atoms with Gasteiger partial charge in [-0.05, 0) is 17.7 Å². The summed E-state index contributed by atoms with van der Waals surface area (Å²) in [5, 5.41) is 0. The lowest BCUT2D eigenvalue weighted by Crippen LogP contribution is -2.09. The van der Waals surface area contributed by atoms with E-state index < -0.39 is 11.7 Å². The minimum atomic E-state index is -4.32. The molecule has 0 fully saturated rings. The van der Waals surface area contributed by atoms with Gasteiger partial charge >= 0.3 is 6.18 Å². The highest BCUT2D eigenvalue weighted by Gasteiger charge is 2.30. The van der Waals surface area contributed by atoms with Crippen molar-refractivity contribution >= 4 is 0 Å². The average Bonchev–Trinajstić information content (AvgIpc) is 2.75. The van der Waals surface area contributed by atoms with Crippen molar-refractivity contribution in [3.63, 3.8) is 0 Å². The molecule has 1 aromatic heterocycles. The van der Waals surface area contributed by atoms with Crippen LogP contribution in [0.25, 0.3) is 0 Å². The van der Waals surface area contributed by atoms with Crippen LogP contribution in [0.1, 0.15) is 16.8 Å². The van der Waals surface area contributed by atoms with Crippen LogP contribution in [-0.2, 0) is 19.3 Å². The number of aromatic nitrogens is 2. The number of nitrogens with two attached hydrogens (primary N) is 1. The number of rotatable bonds is 3. The fourth-order valence-corrected chi connectivity index (χ4v) is 1.70. The van der Waals surface area contributed by atoms with E-state index in [1.807, 2.05) is 0 Å². The van der Waals surface area contributed by atoms with Crippen molar-refractivity contribution in [1.29, 1.82) is 0 Å². The van der Waals surface area contributed by atoms with Gasteiger partial charge in [-0.25, -0.2) is 4.98 Å². The number of halogens is 3. The molecule has 0 bridgehead atoms. The van der Waals surface area contributed by atoms with Gasteiger partial charge in [0.2, 0.25) is 0 Å². The van der Waals surface area contributed by atoms with E-state index in [1.54, 1.807) is 23.2 Å². The molecule has 0 aliphatic carbocycles. The summed E-state index contributed by atoms with van der Waals surface area (Å²) >= 11 is 0. The van der Waals surface area contributed by atoms with Crippen LogP contribution in [-0.4, -0.2) is 9.55 Å². The molecule has 0 aliphatic rings. The highest BCUT2D eigenvalue weighted by molar-refractivity contribution is 5.26. The summed E-state index contributed by atoms with van der Waals surface area (Å²) in [7, 11) is 0. The maximum absolute atomic E-state index is 12.6. The first-order valence-electron chi connectivity index (χ1n) is 5.36. The number of nitrogens with zero attached hydrogens (tertiary/aromatic N) is 2. The third-order valence-corrected chi connectivity index (χ3v) is 2.61. The zero-order valence-corrected chi connectivity index (χ0v) is 9.48. The fraction of sp³-hybridized carbons (Fsp3) is 0.250. The highest BCUT2D eigenvalue weighted by atomic mass is 19.4. The van der Waals surface area contributed by atoms with Crippen LogP contribution in [0.5, 0.6) is 0 Å². The molecule has 0 saturated carbocycles. The Labute approximate surface area is 102 Å². The lowest BCUT2D eigenvalue weighted by Gasteiger charge is -2.10. The molecule has 2 N–H and O–H groups in total. The van der Waals surface area contributed by atoms with E-state index >= 15 is 0 Å². The molecule has 2 aromatic rings. The molecule has 6 heteroatoms. The molecule has 0 saturated heterocycles. The number of hydrogen-bond donors (Lipinski definition) is 1. The first-order valence-corrected chi connectivity index (χ1v) is 5.36. The van der Waals surface area contributed by atoms with Gasteiger partial charge in [0.15, 0.2) is 0 Å². The van der Waals surface area contributed by atoms with Crippen LogP contribution >= 0.6 is 0 Å². The predicted molar refractivity (Wildman–Crippen MR) is 60.7 cm³/mol. The van der Waals surface area contributed by atoms with E-state index in [1.165, 1.54) is 6.07 Å². The Balaban J connectivity index is 2.25. The van der Waals surface area contributed by atoms with Crippen LogP contribution in [0, 0.1) is 0 Å². The van der Waals surface area contributed by atoms with Gasteiger partial charge < -0.3 is 10.3 Å². The van der Waals surface area contributed by atoms with Gasteiger partial charge in [-0.2, -0.15) is 13.2 Å². The summed E-state index contributed by atoms with van der Waals surface area (Å²) in [6.07, 6.45) is -1.16. The van der Waals surface area contributed by atoms with Crippen LogP contribution in [0.4, 0.5) is 13.2 Å². The van der Waals surface area contributed by atoms with E-state index in [9.17, 15) is 13.2 Å². The molecule has 96 valence electrons. The molecule has 0 amide bonds. The zero-order valence-electron chi connectivity index (χ0n) is 9.48. The van der Waals surface area contributed by atoms with Crippen LogP contribution in [0.3, 0.4) is 0 Å². The van der Waals surface area contributed by atoms with E-state index in [-0.39, 0.29) is 0 Å². The van der Waals surface area contributed by atoms with Gasteiger partial charge in [0, 0.05) is 19.3 Å². The second-order valence-electron chi connectivity index (χ2n) is 3.92. The van der Waals surface area contributed by atoms with Gasteiger partial charge in [0.1, 0.15) is 0 Å². The first-order chi connectivity index (χ1) is 8.50. The molecule has 1 heterocycles. The quantitative estimate of drug-likeness (QED) is 0.915. The number of alkyl halides is 3. The minimum absolute atomic E-state index is 0.305. The van der Waals surface area contributed by atoms with Crippen LogP contribution in [0.2, 0.25) is 0 Å². The smallest absolute Gasteiger partial charge is 0.329 e.